The van der Waals surface area contributed by atoms with E-state index in [1.165, 1.54) is 0 Å². The molecule has 1 amide bonds. The summed E-state index contributed by atoms with van der Waals surface area (Å²) in [6.07, 6.45) is 2.90. The number of hydrogen-bond acceptors (Lipinski definition) is 2. The van der Waals surface area contributed by atoms with E-state index in [4.69, 9.17) is 28.9 Å². The van der Waals surface area contributed by atoms with Crippen molar-refractivity contribution in [3.05, 3.63) is 28.0 Å². The minimum absolute atomic E-state index is 0.0620. The van der Waals surface area contributed by atoms with Crippen molar-refractivity contribution in [1.29, 1.82) is 0 Å². The first kappa shape index (κ1) is 13.6. The minimum Gasteiger partial charge on any atom is -0.322 e. The van der Waals surface area contributed by atoms with Crippen molar-refractivity contribution in [2.75, 3.05) is 5.32 Å². The summed E-state index contributed by atoms with van der Waals surface area (Å²) in [6.45, 7) is 0. The molecule has 6 heteroatoms. The Labute approximate surface area is 114 Å². The molecule has 1 atom stereocenters. The first-order valence-electron chi connectivity index (χ1n) is 5.68. The summed E-state index contributed by atoms with van der Waals surface area (Å²) >= 11 is 11.6. The Morgan fingerprint density at radius 2 is 2.00 bits per heavy atom. The summed E-state index contributed by atoms with van der Waals surface area (Å²) in [5.74, 6) is -0.354. The van der Waals surface area contributed by atoms with E-state index in [9.17, 15) is 9.18 Å². The van der Waals surface area contributed by atoms with Gasteiger partial charge in [0.05, 0.1) is 21.8 Å². The average molecular weight is 291 g/mol. The van der Waals surface area contributed by atoms with E-state index in [1.807, 2.05) is 0 Å². The van der Waals surface area contributed by atoms with E-state index in [2.05, 4.69) is 5.32 Å². The smallest absolute Gasteiger partial charge is 0.241 e. The van der Waals surface area contributed by atoms with Crippen LogP contribution in [0.2, 0.25) is 10.0 Å². The molecule has 0 heterocycles. The van der Waals surface area contributed by atoms with Crippen molar-refractivity contribution in [2.45, 2.75) is 25.3 Å². The summed E-state index contributed by atoms with van der Waals surface area (Å²) in [4.78, 5) is 11.8. The van der Waals surface area contributed by atoms with E-state index in [0.29, 0.717) is 12.3 Å². The summed E-state index contributed by atoms with van der Waals surface area (Å²) in [5, 5.41) is 2.67. The molecule has 3 nitrogen and oxygen atoms in total. The molecule has 0 radical (unpaired) electrons. The molecule has 1 unspecified atom stereocenters. The predicted octanol–water partition coefficient (Wildman–Crippen LogP) is 3.20. The van der Waals surface area contributed by atoms with Crippen LogP contribution in [-0.2, 0) is 4.79 Å². The first-order chi connectivity index (χ1) is 8.47. The summed E-state index contributed by atoms with van der Waals surface area (Å²) in [7, 11) is 0. The van der Waals surface area contributed by atoms with Gasteiger partial charge < -0.3 is 11.1 Å². The Balaban J connectivity index is 2.06. The topological polar surface area (TPSA) is 55.1 Å². The first-order valence-corrected chi connectivity index (χ1v) is 6.44. The number of carbonyl (C=O) groups excluding carboxylic acids is 1. The zero-order valence-electron chi connectivity index (χ0n) is 9.55. The van der Waals surface area contributed by atoms with Crippen LogP contribution in [0.15, 0.2) is 12.1 Å². The van der Waals surface area contributed by atoms with Crippen molar-refractivity contribution in [3.8, 4) is 0 Å². The molecule has 1 aliphatic rings. The van der Waals surface area contributed by atoms with Gasteiger partial charge >= 0.3 is 0 Å². The summed E-state index contributed by atoms with van der Waals surface area (Å²) in [5.41, 5.74) is 5.97. The van der Waals surface area contributed by atoms with Crippen molar-refractivity contribution < 1.29 is 9.18 Å². The Kier molecular flexibility index (Phi) is 4.10. The summed E-state index contributed by atoms with van der Waals surface area (Å²) in [6, 6.07) is 1.60. The highest BCUT2D eigenvalue weighted by molar-refractivity contribution is 6.39. The van der Waals surface area contributed by atoms with Gasteiger partial charge in [0.2, 0.25) is 5.91 Å². The highest BCUT2D eigenvalue weighted by atomic mass is 35.5. The number of carbonyl (C=O) groups is 1. The van der Waals surface area contributed by atoms with Crippen molar-refractivity contribution in [1.82, 2.24) is 0 Å². The fourth-order valence-corrected chi connectivity index (χ4v) is 2.25. The molecule has 0 bridgehead atoms. The lowest BCUT2D eigenvalue weighted by Crippen LogP contribution is -2.36. The number of nitrogens with two attached hydrogens (primary N) is 1. The molecule has 1 aliphatic carbocycles. The monoisotopic (exact) mass is 290 g/mol. The van der Waals surface area contributed by atoms with E-state index in [-0.39, 0.29) is 21.6 Å². The number of hydrogen-bond donors (Lipinski definition) is 2. The third kappa shape index (κ3) is 3.34. The Morgan fingerprint density at radius 1 is 1.44 bits per heavy atom. The van der Waals surface area contributed by atoms with Gasteiger partial charge in [0.1, 0.15) is 5.82 Å². The molecule has 1 fully saturated rings. The highest BCUT2D eigenvalue weighted by Gasteiger charge is 2.27. The number of benzene rings is 1. The second-order valence-electron chi connectivity index (χ2n) is 4.52. The molecule has 1 aromatic carbocycles. The number of amides is 1. The van der Waals surface area contributed by atoms with Crippen molar-refractivity contribution in [3.63, 3.8) is 0 Å². The fraction of sp³-hybridized carbons (Fsp3) is 0.417. The van der Waals surface area contributed by atoms with Crippen LogP contribution in [-0.4, -0.2) is 11.9 Å². The maximum Gasteiger partial charge on any atom is 0.241 e. The quantitative estimate of drug-likeness (QED) is 0.895. The summed E-state index contributed by atoms with van der Waals surface area (Å²) < 4.78 is 13.0. The Morgan fingerprint density at radius 3 is 2.50 bits per heavy atom. The second kappa shape index (κ2) is 5.43. The lowest BCUT2D eigenvalue weighted by atomic mass is 10.1. The minimum atomic E-state index is -0.588. The van der Waals surface area contributed by atoms with Gasteiger partial charge in [-0.3, -0.25) is 4.79 Å². The molecule has 18 heavy (non-hydrogen) atoms. The van der Waals surface area contributed by atoms with Crippen LogP contribution in [0.5, 0.6) is 0 Å². The van der Waals surface area contributed by atoms with Crippen LogP contribution >= 0.6 is 23.2 Å². The maximum atomic E-state index is 13.0. The highest BCUT2D eigenvalue weighted by Crippen LogP contribution is 2.34. The molecule has 3 N–H and O–H groups in total. The second-order valence-corrected chi connectivity index (χ2v) is 5.33. The van der Waals surface area contributed by atoms with Gasteiger partial charge in [-0.1, -0.05) is 36.0 Å². The average Bonchev–Trinajstić information content (AvgIpc) is 3.06. The molecule has 0 aliphatic heterocycles. The third-order valence-corrected chi connectivity index (χ3v) is 3.47. The zero-order chi connectivity index (χ0) is 13.3. The standard InChI is InChI=1S/C12H13Cl2FN2O/c13-8-4-7(15)5-9(14)11(8)17-12(18)10(16)3-6-1-2-6/h4-6,10H,1-3,16H2,(H,17,18). The van der Waals surface area contributed by atoms with E-state index >= 15 is 0 Å². The van der Waals surface area contributed by atoms with Crippen LogP contribution in [0, 0.1) is 11.7 Å². The lowest BCUT2D eigenvalue weighted by Gasteiger charge is -2.14. The van der Waals surface area contributed by atoms with Gasteiger partial charge in [0.15, 0.2) is 0 Å². The van der Waals surface area contributed by atoms with Gasteiger partial charge in [-0.05, 0) is 24.5 Å². The van der Waals surface area contributed by atoms with E-state index in [1.54, 1.807) is 0 Å². The van der Waals surface area contributed by atoms with Crippen LogP contribution < -0.4 is 11.1 Å². The van der Waals surface area contributed by atoms with Gasteiger partial charge in [0, 0.05) is 0 Å². The maximum absolute atomic E-state index is 13.0. The van der Waals surface area contributed by atoms with Crippen molar-refractivity contribution >= 4 is 34.8 Å². The third-order valence-electron chi connectivity index (χ3n) is 2.88. The lowest BCUT2D eigenvalue weighted by molar-refractivity contribution is -0.117. The van der Waals surface area contributed by atoms with E-state index < -0.39 is 11.9 Å². The molecular weight excluding hydrogens is 278 g/mol. The SMILES string of the molecule is NC(CC1CC1)C(=O)Nc1c(Cl)cc(F)cc1Cl. The molecule has 2 rings (SSSR count). The molecule has 1 aromatic rings. The zero-order valence-corrected chi connectivity index (χ0v) is 11.1. The molecule has 98 valence electrons. The fourth-order valence-electron chi connectivity index (χ4n) is 1.70. The van der Waals surface area contributed by atoms with Crippen LogP contribution in [0.1, 0.15) is 19.3 Å². The van der Waals surface area contributed by atoms with Crippen LogP contribution in [0.25, 0.3) is 0 Å². The molecule has 0 aromatic heterocycles. The van der Waals surface area contributed by atoms with Crippen LogP contribution in [0.4, 0.5) is 10.1 Å². The Hall–Kier alpha value is -0.840. The Bertz CT molecular complexity index is 454. The normalized spacial score (nSPS) is 16.4. The van der Waals surface area contributed by atoms with Gasteiger partial charge in [-0.25, -0.2) is 4.39 Å². The van der Waals surface area contributed by atoms with Gasteiger partial charge in [0.25, 0.3) is 0 Å². The number of halogens is 3. The van der Waals surface area contributed by atoms with Gasteiger partial charge in [-0.2, -0.15) is 0 Å². The molecule has 0 saturated heterocycles. The molecule has 0 spiro atoms. The van der Waals surface area contributed by atoms with E-state index in [0.717, 1.165) is 25.0 Å². The van der Waals surface area contributed by atoms with Crippen molar-refractivity contribution in [2.24, 2.45) is 11.7 Å². The number of nitrogens with one attached hydrogen (secondary N) is 1. The number of anilines is 1. The predicted molar refractivity (Wildman–Crippen MR) is 70.4 cm³/mol. The van der Waals surface area contributed by atoms with Crippen LogP contribution in [0.3, 0.4) is 0 Å². The largest absolute Gasteiger partial charge is 0.322 e. The molecule has 1 saturated carbocycles. The number of rotatable bonds is 4. The molecular formula is C12H13Cl2FN2O. The van der Waals surface area contributed by atoms with Gasteiger partial charge in [-0.15, -0.1) is 0 Å².